The van der Waals surface area contributed by atoms with E-state index < -0.39 is 12.1 Å². The van der Waals surface area contributed by atoms with Crippen molar-refractivity contribution in [3.63, 3.8) is 0 Å². The van der Waals surface area contributed by atoms with E-state index in [1.165, 1.54) is 10.8 Å². The summed E-state index contributed by atoms with van der Waals surface area (Å²) in [6, 6.07) is 6.07. The number of halogens is 1. The summed E-state index contributed by atoms with van der Waals surface area (Å²) in [4.78, 5) is 29.2. The van der Waals surface area contributed by atoms with Crippen LogP contribution in [0.3, 0.4) is 0 Å². The molecule has 0 bridgehead atoms. The van der Waals surface area contributed by atoms with Gasteiger partial charge in [-0.05, 0) is 30.9 Å². The fourth-order valence-corrected chi connectivity index (χ4v) is 3.57. The molecule has 9 heteroatoms. The van der Waals surface area contributed by atoms with Crippen LogP contribution in [-0.4, -0.2) is 30.9 Å². The largest absolute Gasteiger partial charge is 0.465 e. The Bertz CT molecular complexity index is 1030. The van der Waals surface area contributed by atoms with Gasteiger partial charge >= 0.3 is 6.09 Å². The van der Waals surface area contributed by atoms with Gasteiger partial charge < -0.3 is 10.4 Å². The number of nitrogens with one attached hydrogen (secondary N) is 2. The third kappa shape index (κ3) is 2.72. The minimum atomic E-state index is -1.15. The van der Waals surface area contributed by atoms with Crippen LogP contribution in [0, 0.1) is 5.92 Å². The molecule has 1 unspecified atom stereocenters. The van der Waals surface area contributed by atoms with Crippen LogP contribution < -0.4 is 10.9 Å². The highest BCUT2D eigenvalue weighted by Crippen LogP contribution is 2.37. The van der Waals surface area contributed by atoms with Gasteiger partial charge in [-0.25, -0.2) is 14.3 Å². The van der Waals surface area contributed by atoms with E-state index in [1.807, 2.05) is 0 Å². The third-order valence-electron chi connectivity index (χ3n) is 4.78. The molecule has 1 atom stereocenters. The molecule has 1 aliphatic rings. The number of nitrogens with zero attached hydrogens (tertiary/aromatic N) is 3. The summed E-state index contributed by atoms with van der Waals surface area (Å²) in [6.07, 6.45) is 3.13. The van der Waals surface area contributed by atoms with Crippen molar-refractivity contribution in [3.05, 3.63) is 51.7 Å². The molecule has 0 aliphatic heterocycles. The van der Waals surface area contributed by atoms with Gasteiger partial charge in [-0.15, -0.1) is 0 Å². The predicted molar refractivity (Wildman–Crippen MR) is 95.7 cm³/mol. The Morgan fingerprint density at radius 2 is 2.19 bits per heavy atom. The van der Waals surface area contributed by atoms with Crippen LogP contribution in [0.1, 0.15) is 31.1 Å². The van der Waals surface area contributed by atoms with Crippen LogP contribution in [-0.2, 0) is 0 Å². The Labute approximate surface area is 152 Å². The zero-order valence-electron chi connectivity index (χ0n) is 13.6. The van der Waals surface area contributed by atoms with Gasteiger partial charge in [0.1, 0.15) is 11.6 Å². The molecule has 0 spiro atoms. The monoisotopic (exact) mass is 373 g/mol. The van der Waals surface area contributed by atoms with Crippen molar-refractivity contribution in [2.24, 2.45) is 5.92 Å². The van der Waals surface area contributed by atoms with Crippen LogP contribution in [0.2, 0.25) is 5.02 Å². The van der Waals surface area contributed by atoms with E-state index in [1.54, 1.807) is 24.3 Å². The number of H-pyrrole nitrogens is 1. The molecule has 0 saturated heterocycles. The third-order valence-corrected chi connectivity index (χ3v) is 5.09. The summed E-state index contributed by atoms with van der Waals surface area (Å²) in [5, 5.41) is 19.1. The lowest BCUT2D eigenvalue weighted by Gasteiger charge is -2.34. The molecule has 0 radical (unpaired) electrons. The molecular formula is C17H16ClN5O3. The summed E-state index contributed by atoms with van der Waals surface area (Å²) in [6.45, 7) is 0. The molecule has 1 amide bonds. The number of amides is 1. The molecule has 3 aromatic rings. The number of aromatic nitrogens is 4. The smallest absolute Gasteiger partial charge is 0.405 e. The van der Waals surface area contributed by atoms with Crippen molar-refractivity contribution in [3.8, 4) is 5.82 Å². The zero-order valence-corrected chi connectivity index (χ0v) is 14.4. The topological polar surface area (TPSA) is 113 Å². The Kier molecular flexibility index (Phi) is 4.12. The normalized spacial score (nSPS) is 15.6. The maximum atomic E-state index is 13.2. The van der Waals surface area contributed by atoms with Gasteiger partial charge in [0.05, 0.1) is 28.2 Å². The van der Waals surface area contributed by atoms with E-state index in [0.29, 0.717) is 22.2 Å². The van der Waals surface area contributed by atoms with Crippen molar-refractivity contribution >= 4 is 28.6 Å². The number of benzene rings is 1. The fourth-order valence-electron chi connectivity index (χ4n) is 3.32. The van der Waals surface area contributed by atoms with Gasteiger partial charge in [0.25, 0.3) is 5.56 Å². The summed E-state index contributed by atoms with van der Waals surface area (Å²) in [5.74, 6) is 0.834. The first-order chi connectivity index (χ1) is 12.6. The van der Waals surface area contributed by atoms with E-state index in [0.717, 1.165) is 19.3 Å². The van der Waals surface area contributed by atoms with Gasteiger partial charge in [-0.2, -0.15) is 5.10 Å². The summed E-state index contributed by atoms with van der Waals surface area (Å²) < 4.78 is 1.36. The predicted octanol–water partition coefficient (Wildman–Crippen LogP) is 2.87. The van der Waals surface area contributed by atoms with Crippen LogP contribution in [0.4, 0.5) is 4.79 Å². The number of carboxylic acid groups (broad SMARTS) is 1. The first-order valence-corrected chi connectivity index (χ1v) is 8.64. The Morgan fingerprint density at radius 3 is 2.81 bits per heavy atom. The van der Waals surface area contributed by atoms with E-state index in [-0.39, 0.29) is 16.9 Å². The second kappa shape index (κ2) is 6.45. The molecule has 2 aromatic heterocycles. The van der Waals surface area contributed by atoms with E-state index in [2.05, 4.69) is 20.5 Å². The molecule has 3 N–H and O–H groups in total. The van der Waals surface area contributed by atoms with E-state index >= 15 is 0 Å². The lowest BCUT2D eigenvalue weighted by molar-refractivity contribution is 0.167. The summed E-state index contributed by atoms with van der Waals surface area (Å²) in [5.41, 5.74) is 0.0705. The number of rotatable bonds is 4. The molecule has 26 heavy (non-hydrogen) atoms. The highest BCUT2D eigenvalue weighted by molar-refractivity contribution is 6.35. The minimum Gasteiger partial charge on any atom is -0.465 e. The van der Waals surface area contributed by atoms with Gasteiger partial charge in [-0.3, -0.25) is 9.89 Å². The maximum Gasteiger partial charge on any atom is 0.405 e. The summed E-state index contributed by atoms with van der Waals surface area (Å²) >= 11 is 6.22. The number of carbonyl (C=O) groups is 1. The van der Waals surface area contributed by atoms with Crippen LogP contribution in [0.5, 0.6) is 0 Å². The molecule has 2 heterocycles. The second-order valence-corrected chi connectivity index (χ2v) is 6.71. The van der Waals surface area contributed by atoms with Crippen molar-refractivity contribution in [1.82, 2.24) is 25.1 Å². The van der Waals surface area contributed by atoms with Crippen LogP contribution >= 0.6 is 11.6 Å². The van der Waals surface area contributed by atoms with Gasteiger partial charge in [-0.1, -0.05) is 24.1 Å². The van der Waals surface area contributed by atoms with Crippen molar-refractivity contribution in [2.45, 2.75) is 25.3 Å². The molecule has 1 fully saturated rings. The number of hydrogen-bond acceptors (Lipinski definition) is 4. The lowest BCUT2D eigenvalue weighted by atomic mass is 9.79. The molecular weight excluding hydrogens is 358 g/mol. The molecule has 4 rings (SSSR count). The first kappa shape index (κ1) is 16.6. The van der Waals surface area contributed by atoms with Crippen molar-refractivity contribution in [2.75, 3.05) is 0 Å². The molecule has 134 valence electrons. The standard InChI is InChI=1S/C17H16ClN5O3/c18-10-5-2-6-11-13(10)16(24)23(12-7-8-19-22-12)15(20-11)14(21-17(25)26)9-3-1-4-9/h2,5-9,14,21H,1,3-4H2,(H,19,22)(H,25,26). The van der Waals surface area contributed by atoms with Crippen molar-refractivity contribution < 1.29 is 9.90 Å². The number of aromatic amines is 1. The Balaban J connectivity index is 2.02. The average molecular weight is 374 g/mol. The first-order valence-electron chi connectivity index (χ1n) is 8.26. The second-order valence-electron chi connectivity index (χ2n) is 6.30. The molecule has 1 aromatic carbocycles. The Hall–Kier alpha value is -2.87. The fraction of sp³-hybridized carbons (Fsp3) is 0.294. The van der Waals surface area contributed by atoms with Crippen LogP contribution in [0.15, 0.2) is 35.3 Å². The highest BCUT2D eigenvalue weighted by Gasteiger charge is 2.34. The van der Waals surface area contributed by atoms with Crippen LogP contribution in [0.25, 0.3) is 16.7 Å². The summed E-state index contributed by atoms with van der Waals surface area (Å²) in [7, 11) is 0. The quantitative estimate of drug-likeness (QED) is 0.650. The number of hydrogen-bond donors (Lipinski definition) is 3. The van der Waals surface area contributed by atoms with Gasteiger partial charge in [0.15, 0.2) is 0 Å². The minimum absolute atomic E-state index is 0.0869. The molecule has 1 saturated carbocycles. The molecule has 1 aliphatic carbocycles. The average Bonchev–Trinajstić information content (AvgIpc) is 3.05. The van der Waals surface area contributed by atoms with Gasteiger partial charge in [0.2, 0.25) is 0 Å². The zero-order chi connectivity index (χ0) is 18.3. The molecule has 8 nitrogen and oxygen atoms in total. The van der Waals surface area contributed by atoms with Gasteiger partial charge in [0, 0.05) is 6.07 Å². The highest BCUT2D eigenvalue weighted by atomic mass is 35.5. The van der Waals surface area contributed by atoms with E-state index in [4.69, 9.17) is 11.6 Å². The Morgan fingerprint density at radius 1 is 1.38 bits per heavy atom. The maximum absolute atomic E-state index is 13.2. The SMILES string of the molecule is O=C(O)NC(c1nc2cccc(Cl)c2c(=O)n1-c1ccn[nH]1)C1CCC1. The van der Waals surface area contributed by atoms with E-state index in [9.17, 15) is 14.7 Å². The number of fused-ring (bicyclic) bond motifs is 1. The van der Waals surface area contributed by atoms with Crippen molar-refractivity contribution in [1.29, 1.82) is 0 Å². The lowest BCUT2D eigenvalue weighted by Crippen LogP contribution is -2.40.